The van der Waals surface area contributed by atoms with Crippen LogP contribution in [0.2, 0.25) is 0 Å². The maximum Gasteiger partial charge on any atom is 0.165 e. The van der Waals surface area contributed by atoms with Crippen molar-refractivity contribution in [2.24, 2.45) is 7.05 Å². The molecule has 2 aromatic rings. The Morgan fingerprint density at radius 3 is 2.80 bits per heavy atom. The predicted molar refractivity (Wildman–Crippen MR) is 76.3 cm³/mol. The van der Waals surface area contributed by atoms with Crippen molar-refractivity contribution in [2.45, 2.75) is 19.4 Å². The first kappa shape index (κ1) is 14.5. The average Bonchev–Trinajstić information content (AvgIpc) is 2.86. The lowest BCUT2D eigenvalue weighted by Crippen LogP contribution is -2.25. The van der Waals surface area contributed by atoms with Crippen molar-refractivity contribution in [1.82, 2.24) is 14.9 Å². The molecule has 1 heterocycles. The highest BCUT2D eigenvalue weighted by molar-refractivity contribution is 5.33. The first-order chi connectivity index (χ1) is 9.67. The molecule has 20 heavy (non-hydrogen) atoms. The van der Waals surface area contributed by atoms with E-state index in [-0.39, 0.29) is 17.6 Å². The van der Waals surface area contributed by atoms with E-state index in [2.05, 4.69) is 17.2 Å². The van der Waals surface area contributed by atoms with Gasteiger partial charge in [-0.2, -0.15) is 0 Å². The van der Waals surface area contributed by atoms with Gasteiger partial charge in [-0.15, -0.1) is 0 Å². The number of nitrogens with one attached hydrogen (secondary N) is 1. The number of ether oxygens (including phenoxy) is 1. The van der Waals surface area contributed by atoms with Crippen molar-refractivity contribution in [3.63, 3.8) is 0 Å². The highest BCUT2D eigenvalue weighted by Gasteiger charge is 2.19. The zero-order valence-electron chi connectivity index (χ0n) is 12.1. The molecule has 108 valence electrons. The van der Waals surface area contributed by atoms with Crippen LogP contribution >= 0.6 is 0 Å². The number of aryl methyl sites for hydroxylation is 1. The summed E-state index contributed by atoms with van der Waals surface area (Å²) in [5, 5.41) is 3.40. The summed E-state index contributed by atoms with van der Waals surface area (Å²) in [6, 6.07) is 4.88. The van der Waals surface area contributed by atoms with Crippen LogP contribution in [0.5, 0.6) is 5.75 Å². The van der Waals surface area contributed by atoms with Crippen LogP contribution in [-0.2, 0) is 7.05 Å². The zero-order chi connectivity index (χ0) is 14.5. The third-order valence-corrected chi connectivity index (χ3v) is 3.22. The van der Waals surface area contributed by atoms with Gasteiger partial charge in [-0.3, -0.25) is 0 Å². The maximum absolute atomic E-state index is 13.9. The summed E-state index contributed by atoms with van der Waals surface area (Å²) < 4.78 is 20.8. The van der Waals surface area contributed by atoms with Crippen molar-refractivity contribution >= 4 is 0 Å². The van der Waals surface area contributed by atoms with E-state index in [4.69, 9.17) is 4.74 Å². The second kappa shape index (κ2) is 6.52. The standard InChI is InChI=1S/C15H20FN3O/c1-4-7-17-14(15-18-8-9-19(15)2)11-5-6-13(20-3)12(16)10-11/h5-6,8-10,14,17H,4,7H2,1-3H3. The van der Waals surface area contributed by atoms with Crippen LogP contribution in [-0.4, -0.2) is 23.2 Å². The number of hydrogen-bond acceptors (Lipinski definition) is 3. The number of benzene rings is 1. The SMILES string of the molecule is CCCNC(c1ccc(OC)c(F)c1)c1nccn1C. The topological polar surface area (TPSA) is 39.1 Å². The van der Waals surface area contributed by atoms with Crippen LogP contribution in [0.3, 0.4) is 0 Å². The van der Waals surface area contributed by atoms with Crippen molar-refractivity contribution in [2.75, 3.05) is 13.7 Å². The van der Waals surface area contributed by atoms with E-state index in [1.807, 2.05) is 23.9 Å². The van der Waals surface area contributed by atoms with Gasteiger partial charge in [0.2, 0.25) is 0 Å². The highest BCUT2D eigenvalue weighted by Crippen LogP contribution is 2.25. The van der Waals surface area contributed by atoms with Crippen molar-refractivity contribution in [3.8, 4) is 5.75 Å². The van der Waals surface area contributed by atoms with Crippen molar-refractivity contribution in [3.05, 3.63) is 47.8 Å². The Balaban J connectivity index is 2.36. The number of imidazole rings is 1. The van der Waals surface area contributed by atoms with Crippen LogP contribution in [0.25, 0.3) is 0 Å². The molecular formula is C15H20FN3O. The molecule has 2 rings (SSSR count). The van der Waals surface area contributed by atoms with Crippen molar-refractivity contribution in [1.29, 1.82) is 0 Å². The van der Waals surface area contributed by atoms with Gasteiger partial charge < -0.3 is 14.6 Å². The van der Waals surface area contributed by atoms with Gasteiger partial charge in [0.15, 0.2) is 11.6 Å². The van der Waals surface area contributed by atoms with E-state index in [1.165, 1.54) is 13.2 Å². The van der Waals surface area contributed by atoms with Gasteiger partial charge >= 0.3 is 0 Å². The number of halogens is 1. The molecule has 0 aliphatic carbocycles. The molecule has 0 bridgehead atoms. The Morgan fingerprint density at radius 2 is 2.25 bits per heavy atom. The average molecular weight is 277 g/mol. The van der Waals surface area contributed by atoms with Crippen LogP contribution in [0.15, 0.2) is 30.6 Å². The number of hydrogen-bond donors (Lipinski definition) is 1. The van der Waals surface area contributed by atoms with Crippen LogP contribution in [0.1, 0.15) is 30.8 Å². The molecular weight excluding hydrogens is 257 g/mol. The first-order valence-corrected chi connectivity index (χ1v) is 6.71. The third kappa shape index (κ3) is 2.99. The lowest BCUT2D eigenvalue weighted by atomic mass is 10.1. The summed E-state index contributed by atoms with van der Waals surface area (Å²) in [4.78, 5) is 4.36. The first-order valence-electron chi connectivity index (χ1n) is 6.71. The third-order valence-electron chi connectivity index (χ3n) is 3.22. The van der Waals surface area contributed by atoms with Gasteiger partial charge in [0.05, 0.1) is 13.2 Å². The van der Waals surface area contributed by atoms with Gasteiger partial charge in [0, 0.05) is 19.4 Å². The second-order valence-corrected chi connectivity index (χ2v) is 4.68. The summed E-state index contributed by atoms with van der Waals surface area (Å²) in [6.45, 7) is 2.93. The Bertz CT molecular complexity index is 568. The number of methoxy groups -OCH3 is 1. The molecule has 0 saturated carbocycles. The monoisotopic (exact) mass is 277 g/mol. The molecule has 0 saturated heterocycles. The number of rotatable bonds is 6. The molecule has 0 aliphatic rings. The van der Waals surface area contributed by atoms with Gasteiger partial charge in [-0.05, 0) is 30.7 Å². The summed E-state index contributed by atoms with van der Waals surface area (Å²) >= 11 is 0. The second-order valence-electron chi connectivity index (χ2n) is 4.68. The minimum atomic E-state index is -0.359. The zero-order valence-corrected chi connectivity index (χ0v) is 12.1. The summed E-state index contributed by atoms with van der Waals surface area (Å²) in [5.41, 5.74) is 0.839. The fourth-order valence-electron chi connectivity index (χ4n) is 2.16. The van der Waals surface area contributed by atoms with E-state index < -0.39 is 0 Å². The summed E-state index contributed by atoms with van der Waals surface area (Å²) in [6.07, 6.45) is 4.63. The smallest absolute Gasteiger partial charge is 0.165 e. The fraction of sp³-hybridized carbons (Fsp3) is 0.400. The largest absolute Gasteiger partial charge is 0.494 e. The molecule has 5 heteroatoms. The summed E-state index contributed by atoms with van der Waals surface area (Å²) in [5.74, 6) is 0.758. The highest BCUT2D eigenvalue weighted by atomic mass is 19.1. The van der Waals surface area contributed by atoms with Crippen molar-refractivity contribution < 1.29 is 9.13 Å². The molecule has 0 aliphatic heterocycles. The molecule has 0 spiro atoms. The van der Waals surface area contributed by atoms with E-state index in [0.29, 0.717) is 0 Å². The van der Waals surface area contributed by atoms with Crippen LogP contribution in [0, 0.1) is 5.82 Å². The molecule has 1 atom stereocenters. The molecule has 1 N–H and O–H groups in total. The minimum Gasteiger partial charge on any atom is -0.494 e. The van der Waals surface area contributed by atoms with E-state index >= 15 is 0 Å². The molecule has 0 fully saturated rings. The Hall–Kier alpha value is -1.88. The van der Waals surface area contributed by atoms with E-state index in [0.717, 1.165) is 24.4 Å². The quantitative estimate of drug-likeness (QED) is 0.882. The normalized spacial score (nSPS) is 12.4. The lowest BCUT2D eigenvalue weighted by Gasteiger charge is -2.19. The fourth-order valence-corrected chi connectivity index (χ4v) is 2.16. The Labute approximate surface area is 118 Å². The summed E-state index contributed by atoms with van der Waals surface area (Å²) in [7, 11) is 3.40. The molecule has 1 unspecified atom stereocenters. The van der Waals surface area contributed by atoms with Crippen LogP contribution in [0.4, 0.5) is 4.39 Å². The maximum atomic E-state index is 13.9. The molecule has 1 aromatic heterocycles. The van der Waals surface area contributed by atoms with Gasteiger partial charge in [-0.1, -0.05) is 13.0 Å². The number of aromatic nitrogens is 2. The predicted octanol–water partition coefficient (Wildman–Crippen LogP) is 2.66. The Morgan fingerprint density at radius 1 is 1.45 bits per heavy atom. The number of nitrogens with zero attached hydrogens (tertiary/aromatic N) is 2. The van der Waals surface area contributed by atoms with E-state index in [9.17, 15) is 4.39 Å². The van der Waals surface area contributed by atoms with E-state index in [1.54, 1.807) is 12.3 Å². The Kier molecular flexibility index (Phi) is 4.74. The molecule has 0 radical (unpaired) electrons. The molecule has 0 amide bonds. The lowest BCUT2D eigenvalue weighted by molar-refractivity contribution is 0.385. The van der Waals surface area contributed by atoms with Gasteiger partial charge in [0.1, 0.15) is 5.82 Å². The van der Waals surface area contributed by atoms with Gasteiger partial charge in [-0.25, -0.2) is 9.37 Å². The molecule has 4 nitrogen and oxygen atoms in total. The minimum absolute atomic E-state index is 0.129. The molecule has 1 aromatic carbocycles. The van der Waals surface area contributed by atoms with Gasteiger partial charge in [0.25, 0.3) is 0 Å². The van der Waals surface area contributed by atoms with Crippen LogP contribution < -0.4 is 10.1 Å².